The summed E-state index contributed by atoms with van der Waals surface area (Å²) in [7, 11) is 1.68. The summed E-state index contributed by atoms with van der Waals surface area (Å²) in [6.07, 6.45) is 0. The smallest absolute Gasteiger partial charge is 0.237 e. The molecule has 88 valence electrons. The highest BCUT2D eigenvalue weighted by Gasteiger charge is 2.06. The Morgan fingerprint density at radius 2 is 2.12 bits per heavy atom. The van der Waals surface area contributed by atoms with Crippen LogP contribution in [0.2, 0.25) is 5.02 Å². The maximum absolute atomic E-state index is 11.1. The summed E-state index contributed by atoms with van der Waals surface area (Å²) in [5, 5.41) is 0.564. The number of halogens is 2. The number of carbonyl (C=O) groups excluding carboxylic acids is 1. The van der Waals surface area contributed by atoms with Gasteiger partial charge in [0.05, 0.1) is 11.6 Å². The van der Waals surface area contributed by atoms with Gasteiger partial charge in [-0.2, -0.15) is 0 Å². The molecule has 0 N–H and O–H groups in total. The van der Waals surface area contributed by atoms with Crippen LogP contribution in [-0.2, 0) is 4.79 Å². The predicted molar refractivity (Wildman–Crippen MR) is 65.3 cm³/mol. The molecule has 0 radical (unpaired) electrons. The summed E-state index contributed by atoms with van der Waals surface area (Å²) in [5.74, 6) is 0.489. The standard InChI is InChI=1S/C11H13Cl2NO2/c1-14(11(15)8-12)6-7-16-10-5-3-2-4-9(10)13/h2-5H,6-8H2,1H3. The molecule has 1 rings (SSSR count). The SMILES string of the molecule is CN(CCOc1ccccc1Cl)C(=O)CCl. The fraction of sp³-hybridized carbons (Fsp3) is 0.364. The molecule has 0 saturated carbocycles. The summed E-state index contributed by atoms with van der Waals surface area (Å²) in [6, 6.07) is 7.21. The van der Waals surface area contributed by atoms with Crippen molar-refractivity contribution in [1.82, 2.24) is 4.90 Å². The molecule has 0 aromatic heterocycles. The van der Waals surface area contributed by atoms with Crippen LogP contribution in [0.3, 0.4) is 0 Å². The first-order valence-corrected chi connectivity index (χ1v) is 5.73. The third kappa shape index (κ3) is 3.91. The Hall–Kier alpha value is -0.930. The topological polar surface area (TPSA) is 29.5 Å². The highest BCUT2D eigenvalue weighted by Crippen LogP contribution is 2.22. The van der Waals surface area contributed by atoms with Crippen molar-refractivity contribution in [3.63, 3.8) is 0 Å². The molecule has 0 fully saturated rings. The Labute approximate surface area is 105 Å². The minimum Gasteiger partial charge on any atom is -0.490 e. The Morgan fingerprint density at radius 1 is 1.44 bits per heavy atom. The zero-order valence-electron chi connectivity index (χ0n) is 8.95. The second-order valence-corrected chi connectivity index (χ2v) is 3.90. The van der Waals surface area contributed by atoms with E-state index in [1.54, 1.807) is 19.2 Å². The predicted octanol–water partition coefficient (Wildman–Crippen LogP) is 2.42. The Bertz CT molecular complexity index is 358. The van der Waals surface area contributed by atoms with E-state index in [0.717, 1.165) is 0 Å². The van der Waals surface area contributed by atoms with Crippen molar-refractivity contribution < 1.29 is 9.53 Å². The van der Waals surface area contributed by atoms with Crippen LogP contribution in [-0.4, -0.2) is 36.9 Å². The number of hydrogen-bond acceptors (Lipinski definition) is 2. The fourth-order valence-corrected chi connectivity index (χ4v) is 1.48. The molecule has 1 amide bonds. The monoisotopic (exact) mass is 261 g/mol. The molecule has 16 heavy (non-hydrogen) atoms. The minimum atomic E-state index is -0.121. The van der Waals surface area contributed by atoms with E-state index in [0.29, 0.717) is 23.9 Å². The number of hydrogen-bond donors (Lipinski definition) is 0. The van der Waals surface area contributed by atoms with E-state index < -0.39 is 0 Å². The van der Waals surface area contributed by atoms with Crippen LogP contribution in [0.15, 0.2) is 24.3 Å². The average Bonchev–Trinajstić information content (AvgIpc) is 2.30. The summed E-state index contributed by atoms with van der Waals surface area (Å²) in [5.41, 5.74) is 0. The summed E-state index contributed by atoms with van der Waals surface area (Å²) in [6.45, 7) is 0.875. The van der Waals surface area contributed by atoms with Crippen LogP contribution in [0.1, 0.15) is 0 Å². The van der Waals surface area contributed by atoms with Gasteiger partial charge in [0.25, 0.3) is 0 Å². The molecule has 0 atom stereocenters. The highest BCUT2D eigenvalue weighted by atomic mass is 35.5. The lowest BCUT2D eigenvalue weighted by molar-refractivity contribution is -0.127. The van der Waals surface area contributed by atoms with Crippen molar-refractivity contribution in [3.8, 4) is 5.75 Å². The van der Waals surface area contributed by atoms with Gasteiger partial charge in [0.15, 0.2) is 0 Å². The lowest BCUT2D eigenvalue weighted by Gasteiger charge is -2.16. The second-order valence-electron chi connectivity index (χ2n) is 3.23. The molecule has 0 aliphatic rings. The van der Waals surface area contributed by atoms with Crippen LogP contribution < -0.4 is 4.74 Å². The number of rotatable bonds is 5. The lowest BCUT2D eigenvalue weighted by atomic mass is 10.3. The largest absolute Gasteiger partial charge is 0.490 e. The van der Waals surface area contributed by atoms with E-state index in [2.05, 4.69) is 0 Å². The van der Waals surface area contributed by atoms with Gasteiger partial charge < -0.3 is 9.64 Å². The molecule has 5 heteroatoms. The molecule has 0 saturated heterocycles. The third-order valence-electron chi connectivity index (χ3n) is 2.06. The van der Waals surface area contributed by atoms with E-state index in [4.69, 9.17) is 27.9 Å². The molecular formula is C11H13Cl2NO2. The Kier molecular flexibility index (Phi) is 5.43. The van der Waals surface area contributed by atoms with Crippen molar-refractivity contribution in [3.05, 3.63) is 29.3 Å². The third-order valence-corrected chi connectivity index (χ3v) is 2.60. The van der Waals surface area contributed by atoms with Gasteiger partial charge in [0.1, 0.15) is 18.2 Å². The van der Waals surface area contributed by atoms with Crippen LogP contribution in [0.5, 0.6) is 5.75 Å². The Morgan fingerprint density at radius 3 is 2.75 bits per heavy atom. The maximum Gasteiger partial charge on any atom is 0.237 e. The Balaban J connectivity index is 2.36. The quantitative estimate of drug-likeness (QED) is 0.762. The molecule has 0 aliphatic carbocycles. The lowest BCUT2D eigenvalue weighted by Crippen LogP contribution is -2.31. The normalized spacial score (nSPS) is 9.94. The van der Waals surface area contributed by atoms with E-state index in [1.165, 1.54) is 4.90 Å². The van der Waals surface area contributed by atoms with Crippen molar-refractivity contribution in [2.24, 2.45) is 0 Å². The van der Waals surface area contributed by atoms with Crippen molar-refractivity contribution >= 4 is 29.1 Å². The molecule has 1 aromatic rings. The summed E-state index contributed by atoms with van der Waals surface area (Å²) >= 11 is 11.3. The van der Waals surface area contributed by atoms with Gasteiger partial charge in [-0.15, -0.1) is 11.6 Å². The maximum atomic E-state index is 11.1. The molecule has 1 aromatic carbocycles. The summed E-state index contributed by atoms with van der Waals surface area (Å²) < 4.78 is 5.43. The zero-order chi connectivity index (χ0) is 12.0. The van der Waals surface area contributed by atoms with E-state index in [-0.39, 0.29) is 11.8 Å². The second kappa shape index (κ2) is 6.61. The van der Waals surface area contributed by atoms with Crippen LogP contribution in [0.4, 0.5) is 0 Å². The average molecular weight is 262 g/mol. The van der Waals surface area contributed by atoms with E-state index in [9.17, 15) is 4.79 Å². The van der Waals surface area contributed by atoms with Gasteiger partial charge in [-0.25, -0.2) is 0 Å². The molecule has 0 aliphatic heterocycles. The molecule has 0 spiro atoms. The number of nitrogens with zero attached hydrogens (tertiary/aromatic N) is 1. The minimum absolute atomic E-state index is 0.0113. The first-order valence-electron chi connectivity index (χ1n) is 4.82. The van der Waals surface area contributed by atoms with Gasteiger partial charge in [0, 0.05) is 7.05 Å². The van der Waals surface area contributed by atoms with Gasteiger partial charge in [-0.1, -0.05) is 23.7 Å². The molecule has 0 bridgehead atoms. The summed E-state index contributed by atoms with van der Waals surface area (Å²) in [4.78, 5) is 12.7. The number of ether oxygens (including phenoxy) is 1. The van der Waals surface area contributed by atoms with Crippen molar-refractivity contribution in [1.29, 1.82) is 0 Å². The van der Waals surface area contributed by atoms with E-state index in [1.807, 2.05) is 12.1 Å². The number of alkyl halides is 1. The number of benzene rings is 1. The number of likely N-dealkylation sites (N-methyl/N-ethyl adjacent to an activating group) is 1. The fourth-order valence-electron chi connectivity index (χ4n) is 1.08. The molecule has 0 heterocycles. The van der Waals surface area contributed by atoms with Gasteiger partial charge >= 0.3 is 0 Å². The number of para-hydroxylation sites is 1. The highest BCUT2D eigenvalue weighted by molar-refractivity contribution is 6.32. The first kappa shape index (κ1) is 13.1. The number of carbonyl (C=O) groups is 1. The van der Waals surface area contributed by atoms with Crippen molar-refractivity contribution in [2.75, 3.05) is 26.1 Å². The van der Waals surface area contributed by atoms with Crippen molar-refractivity contribution in [2.45, 2.75) is 0 Å². The van der Waals surface area contributed by atoms with Gasteiger partial charge in [0.2, 0.25) is 5.91 Å². The molecular weight excluding hydrogens is 249 g/mol. The van der Waals surface area contributed by atoms with Gasteiger partial charge in [-0.05, 0) is 12.1 Å². The molecule has 0 unspecified atom stereocenters. The van der Waals surface area contributed by atoms with E-state index >= 15 is 0 Å². The number of amides is 1. The van der Waals surface area contributed by atoms with Gasteiger partial charge in [-0.3, -0.25) is 4.79 Å². The zero-order valence-corrected chi connectivity index (χ0v) is 10.5. The van der Waals surface area contributed by atoms with Crippen LogP contribution >= 0.6 is 23.2 Å². The molecule has 3 nitrogen and oxygen atoms in total. The first-order chi connectivity index (χ1) is 7.65. The van der Waals surface area contributed by atoms with Crippen LogP contribution in [0.25, 0.3) is 0 Å². The van der Waals surface area contributed by atoms with Crippen LogP contribution in [0, 0.1) is 0 Å².